The summed E-state index contributed by atoms with van der Waals surface area (Å²) in [6.07, 6.45) is 3.77. The molecule has 0 saturated carbocycles. The van der Waals surface area contributed by atoms with Crippen LogP contribution in [-0.2, 0) is 4.79 Å². The first-order valence-corrected chi connectivity index (χ1v) is 3.78. The van der Waals surface area contributed by atoms with Crippen molar-refractivity contribution in [2.24, 2.45) is 0 Å². The summed E-state index contributed by atoms with van der Waals surface area (Å²) in [5, 5.41) is 0. The molecule has 0 aliphatic heterocycles. The molecule has 0 aliphatic rings. The molecule has 0 fully saturated rings. The number of pyridine rings is 1. The van der Waals surface area contributed by atoms with E-state index < -0.39 is 0 Å². The third kappa shape index (κ3) is 2.57. The fourth-order valence-electron chi connectivity index (χ4n) is 0.667. The molecular weight excluding hydrogens is 154 g/mol. The Balaban J connectivity index is 2.38. The molecule has 0 saturated heterocycles. The molecule has 0 spiro atoms. The average molecular weight is 165 g/mol. The monoisotopic (exact) mass is 165 g/mol. The maximum absolute atomic E-state index is 10.8. The molecule has 1 amide bonds. The minimum Gasteiger partial charge on any atom is -0.297 e. The number of anilines is 1. The Hall–Kier alpha value is -1.58. The van der Waals surface area contributed by atoms with Crippen molar-refractivity contribution in [2.75, 3.05) is 5.43 Å². The Labute approximate surface area is 71.0 Å². The topological polar surface area (TPSA) is 54.0 Å². The molecular formula is C8H11N3O. The van der Waals surface area contributed by atoms with E-state index in [2.05, 4.69) is 15.8 Å². The lowest BCUT2D eigenvalue weighted by Crippen LogP contribution is -2.28. The zero-order valence-corrected chi connectivity index (χ0v) is 6.87. The largest absolute Gasteiger partial charge is 0.297 e. The summed E-state index contributed by atoms with van der Waals surface area (Å²) < 4.78 is 0. The van der Waals surface area contributed by atoms with E-state index in [0.29, 0.717) is 6.42 Å². The first-order chi connectivity index (χ1) is 5.83. The summed E-state index contributed by atoms with van der Waals surface area (Å²) in [5.74, 6) is -0.0427. The molecule has 1 heterocycles. The van der Waals surface area contributed by atoms with Crippen LogP contribution >= 0.6 is 0 Å². The van der Waals surface area contributed by atoms with Crippen molar-refractivity contribution in [3.8, 4) is 0 Å². The highest BCUT2D eigenvalue weighted by molar-refractivity contribution is 5.76. The standard InChI is InChI=1S/C8H11N3O/c1-2-8(12)11-10-7-4-3-5-9-6-7/h3-6,10H,2H2,1H3,(H,11,12). The van der Waals surface area contributed by atoms with Gasteiger partial charge >= 0.3 is 0 Å². The number of nitrogens with one attached hydrogen (secondary N) is 2. The lowest BCUT2D eigenvalue weighted by molar-refractivity contribution is -0.120. The van der Waals surface area contributed by atoms with Crippen molar-refractivity contribution >= 4 is 11.6 Å². The highest BCUT2D eigenvalue weighted by atomic mass is 16.2. The van der Waals surface area contributed by atoms with Crippen LogP contribution in [0.15, 0.2) is 24.5 Å². The summed E-state index contributed by atoms with van der Waals surface area (Å²) in [5.41, 5.74) is 6.03. The van der Waals surface area contributed by atoms with Gasteiger partial charge in [-0.25, -0.2) is 0 Å². The van der Waals surface area contributed by atoms with Crippen LogP contribution in [0.25, 0.3) is 0 Å². The predicted molar refractivity (Wildman–Crippen MR) is 46.3 cm³/mol. The highest BCUT2D eigenvalue weighted by Crippen LogP contribution is 1.99. The van der Waals surface area contributed by atoms with Crippen molar-refractivity contribution in [2.45, 2.75) is 13.3 Å². The molecule has 12 heavy (non-hydrogen) atoms. The fraction of sp³-hybridized carbons (Fsp3) is 0.250. The lowest BCUT2D eigenvalue weighted by atomic mass is 10.4. The van der Waals surface area contributed by atoms with Gasteiger partial charge in [0.1, 0.15) is 0 Å². The predicted octanol–water partition coefficient (Wildman–Crippen LogP) is 0.935. The van der Waals surface area contributed by atoms with E-state index in [9.17, 15) is 4.79 Å². The van der Waals surface area contributed by atoms with Gasteiger partial charge in [-0.2, -0.15) is 0 Å². The van der Waals surface area contributed by atoms with Gasteiger partial charge in [-0.05, 0) is 12.1 Å². The molecule has 1 aromatic heterocycles. The maximum Gasteiger partial charge on any atom is 0.238 e. The van der Waals surface area contributed by atoms with Crippen LogP contribution in [0.5, 0.6) is 0 Å². The van der Waals surface area contributed by atoms with Gasteiger partial charge < -0.3 is 0 Å². The summed E-state index contributed by atoms with van der Waals surface area (Å²) in [4.78, 5) is 14.7. The number of hydrazine groups is 1. The SMILES string of the molecule is CCC(=O)NNc1cccnc1. The molecule has 0 radical (unpaired) electrons. The zero-order chi connectivity index (χ0) is 8.81. The molecule has 0 aliphatic carbocycles. The van der Waals surface area contributed by atoms with Gasteiger partial charge in [0.2, 0.25) is 5.91 Å². The van der Waals surface area contributed by atoms with Crippen LogP contribution in [-0.4, -0.2) is 10.9 Å². The van der Waals surface area contributed by atoms with E-state index in [4.69, 9.17) is 0 Å². The first kappa shape index (κ1) is 8.52. The van der Waals surface area contributed by atoms with Crippen molar-refractivity contribution in [3.63, 3.8) is 0 Å². The van der Waals surface area contributed by atoms with Gasteiger partial charge in [0.15, 0.2) is 0 Å². The van der Waals surface area contributed by atoms with Gasteiger partial charge in [0.25, 0.3) is 0 Å². The number of hydrogen-bond acceptors (Lipinski definition) is 3. The number of amides is 1. The van der Waals surface area contributed by atoms with Crippen molar-refractivity contribution < 1.29 is 4.79 Å². The molecule has 1 rings (SSSR count). The summed E-state index contributed by atoms with van der Waals surface area (Å²) >= 11 is 0. The van der Waals surface area contributed by atoms with E-state index in [1.165, 1.54) is 0 Å². The van der Waals surface area contributed by atoms with Gasteiger partial charge in [0, 0.05) is 12.6 Å². The van der Waals surface area contributed by atoms with Crippen LogP contribution < -0.4 is 10.9 Å². The van der Waals surface area contributed by atoms with Crippen molar-refractivity contribution in [3.05, 3.63) is 24.5 Å². The van der Waals surface area contributed by atoms with Gasteiger partial charge in [-0.3, -0.25) is 20.6 Å². The minimum absolute atomic E-state index is 0.0427. The highest BCUT2D eigenvalue weighted by Gasteiger charge is 1.94. The molecule has 0 aromatic carbocycles. The van der Waals surface area contributed by atoms with Crippen LogP contribution in [0.2, 0.25) is 0 Å². The Kier molecular flexibility index (Phi) is 3.07. The Morgan fingerprint density at radius 2 is 2.50 bits per heavy atom. The molecule has 0 atom stereocenters. The smallest absolute Gasteiger partial charge is 0.238 e. The zero-order valence-electron chi connectivity index (χ0n) is 6.87. The summed E-state index contributed by atoms with van der Waals surface area (Å²) in [6, 6.07) is 3.61. The molecule has 0 bridgehead atoms. The first-order valence-electron chi connectivity index (χ1n) is 3.78. The molecule has 64 valence electrons. The Bertz CT molecular complexity index is 248. The van der Waals surface area contributed by atoms with Crippen LogP contribution in [0, 0.1) is 0 Å². The summed E-state index contributed by atoms with van der Waals surface area (Å²) in [7, 11) is 0. The van der Waals surface area contributed by atoms with E-state index >= 15 is 0 Å². The second kappa shape index (κ2) is 4.33. The third-order valence-electron chi connectivity index (χ3n) is 1.33. The van der Waals surface area contributed by atoms with E-state index in [-0.39, 0.29) is 5.91 Å². The number of carbonyl (C=O) groups is 1. The lowest BCUT2D eigenvalue weighted by Gasteiger charge is -2.05. The molecule has 1 aromatic rings. The normalized spacial score (nSPS) is 9.08. The number of hydrogen-bond donors (Lipinski definition) is 2. The number of nitrogens with zero attached hydrogens (tertiary/aromatic N) is 1. The Morgan fingerprint density at radius 1 is 1.67 bits per heavy atom. The number of rotatable bonds is 3. The molecule has 2 N–H and O–H groups in total. The van der Waals surface area contributed by atoms with Crippen LogP contribution in [0.3, 0.4) is 0 Å². The quantitative estimate of drug-likeness (QED) is 0.655. The van der Waals surface area contributed by atoms with E-state index in [0.717, 1.165) is 5.69 Å². The van der Waals surface area contributed by atoms with Crippen molar-refractivity contribution in [1.82, 2.24) is 10.4 Å². The maximum atomic E-state index is 10.8. The van der Waals surface area contributed by atoms with Crippen LogP contribution in [0.4, 0.5) is 5.69 Å². The molecule has 0 unspecified atom stereocenters. The van der Waals surface area contributed by atoms with Crippen LogP contribution in [0.1, 0.15) is 13.3 Å². The second-order valence-corrected chi connectivity index (χ2v) is 2.27. The average Bonchev–Trinajstić information content (AvgIpc) is 2.16. The van der Waals surface area contributed by atoms with Crippen molar-refractivity contribution in [1.29, 1.82) is 0 Å². The number of aromatic nitrogens is 1. The van der Waals surface area contributed by atoms with Gasteiger partial charge in [-0.1, -0.05) is 6.92 Å². The number of carbonyl (C=O) groups excluding carboxylic acids is 1. The molecule has 4 nitrogen and oxygen atoms in total. The van der Waals surface area contributed by atoms with Gasteiger partial charge in [0.05, 0.1) is 11.9 Å². The Morgan fingerprint density at radius 3 is 3.08 bits per heavy atom. The van der Waals surface area contributed by atoms with E-state index in [1.807, 2.05) is 6.07 Å². The minimum atomic E-state index is -0.0427. The molecule has 4 heteroatoms. The third-order valence-corrected chi connectivity index (χ3v) is 1.33. The fourth-order valence-corrected chi connectivity index (χ4v) is 0.667. The van der Waals surface area contributed by atoms with Gasteiger partial charge in [-0.15, -0.1) is 0 Å². The summed E-state index contributed by atoms with van der Waals surface area (Å²) in [6.45, 7) is 1.79. The van der Waals surface area contributed by atoms with E-state index in [1.54, 1.807) is 25.4 Å². The second-order valence-electron chi connectivity index (χ2n) is 2.27.